The number of fused-ring (bicyclic) bond motifs is 3. The third kappa shape index (κ3) is 2.59. The van der Waals surface area contributed by atoms with E-state index in [2.05, 4.69) is 52.9 Å². The fourth-order valence-corrected chi connectivity index (χ4v) is 3.55. The van der Waals surface area contributed by atoms with E-state index in [1.54, 1.807) is 0 Å². The highest BCUT2D eigenvalue weighted by atomic mass is 15.3. The van der Waals surface area contributed by atoms with E-state index in [0.29, 0.717) is 0 Å². The summed E-state index contributed by atoms with van der Waals surface area (Å²) in [5.74, 6) is 0. The van der Waals surface area contributed by atoms with Crippen molar-refractivity contribution in [3.05, 3.63) is 65.6 Å². The lowest BCUT2D eigenvalue weighted by molar-refractivity contribution is 0.245. The number of allylic oxidation sites excluding steroid dienone is 1. The average molecular weight is 306 g/mol. The first-order chi connectivity index (χ1) is 11.2. The van der Waals surface area contributed by atoms with Gasteiger partial charge in [0.15, 0.2) is 0 Å². The summed E-state index contributed by atoms with van der Waals surface area (Å²) < 4.78 is 1.94. The van der Waals surface area contributed by atoms with Crippen molar-refractivity contribution in [2.24, 2.45) is 0 Å². The highest BCUT2D eigenvalue weighted by Crippen LogP contribution is 2.29. The number of nitrogens with zero attached hydrogens (tertiary/aromatic N) is 3. The van der Waals surface area contributed by atoms with Gasteiger partial charge in [-0.1, -0.05) is 24.3 Å². The van der Waals surface area contributed by atoms with E-state index in [0.717, 1.165) is 32.6 Å². The molecule has 0 fully saturated rings. The number of hydrogen-bond acceptors (Lipinski definition) is 2. The van der Waals surface area contributed by atoms with Crippen LogP contribution in [0.15, 0.2) is 43.2 Å². The van der Waals surface area contributed by atoms with Crippen LogP contribution in [0.1, 0.15) is 22.4 Å². The first-order valence-electron chi connectivity index (χ1n) is 8.18. The third-order valence-electron chi connectivity index (χ3n) is 4.71. The Kier molecular flexibility index (Phi) is 3.54. The van der Waals surface area contributed by atoms with Crippen molar-refractivity contribution in [3.8, 4) is 0 Å². The minimum Gasteiger partial charge on any atom is -0.358 e. The Balaban J connectivity index is 1.57. The van der Waals surface area contributed by atoms with Crippen LogP contribution < -0.4 is 0 Å². The van der Waals surface area contributed by atoms with E-state index in [1.165, 1.54) is 33.3 Å². The van der Waals surface area contributed by atoms with Gasteiger partial charge in [0.25, 0.3) is 0 Å². The van der Waals surface area contributed by atoms with E-state index in [-0.39, 0.29) is 0 Å². The number of para-hydroxylation sites is 1. The molecule has 0 spiro atoms. The molecule has 0 aliphatic carbocycles. The monoisotopic (exact) mass is 306 g/mol. The maximum atomic E-state index is 4.38. The highest BCUT2D eigenvalue weighted by molar-refractivity contribution is 5.87. The third-order valence-corrected chi connectivity index (χ3v) is 4.71. The molecule has 3 aromatic rings. The Morgan fingerprint density at radius 1 is 1.39 bits per heavy atom. The normalized spacial score (nSPS) is 15.0. The van der Waals surface area contributed by atoms with Crippen molar-refractivity contribution in [2.45, 2.75) is 33.0 Å². The van der Waals surface area contributed by atoms with Crippen LogP contribution >= 0.6 is 0 Å². The number of aromatic nitrogens is 3. The predicted molar refractivity (Wildman–Crippen MR) is 93.3 cm³/mol. The summed E-state index contributed by atoms with van der Waals surface area (Å²) in [6, 6.07) is 6.57. The van der Waals surface area contributed by atoms with Crippen molar-refractivity contribution >= 4 is 10.9 Å². The number of rotatable bonds is 4. The first-order valence-corrected chi connectivity index (χ1v) is 8.18. The van der Waals surface area contributed by atoms with Gasteiger partial charge >= 0.3 is 0 Å². The van der Waals surface area contributed by atoms with Crippen molar-refractivity contribution in [1.29, 1.82) is 0 Å². The molecule has 4 heteroatoms. The van der Waals surface area contributed by atoms with E-state index >= 15 is 0 Å². The zero-order valence-corrected chi connectivity index (χ0v) is 13.5. The Morgan fingerprint density at radius 2 is 2.30 bits per heavy atom. The van der Waals surface area contributed by atoms with Crippen molar-refractivity contribution in [2.75, 3.05) is 6.54 Å². The number of nitrogens with one attached hydrogen (secondary N) is 1. The quantitative estimate of drug-likeness (QED) is 0.750. The van der Waals surface area contributed by atoms with Gasteiger partial charge in [-0.3, -0.25) is 9.58 Å². The molecule has 4 nitrogen and oxygen atoms in total. The molecule has 3 heterocycles. The lowest BCUT2D eigenvalue weighted by Gasteiger charge is -2.26. The van der Waals surface area contributed by atoms with Crippen molar-refractivity contribution < 1.29 is 0 Å². The summed E-state index contributed by atoms with van der Waals surface area (Å²) in [7, 11) is 0. The topological polar surface area (TPSA) is 36.9 Å². The van der Waals surface area contributed by atoms with Crippen LogP contribution in [0.25, 0.3) is 10.9 Å². The molecule has 0 unspecified atom stereocenters. The fraction of sp³-hybridized carbons (Fsp3) is 0.316. The fourth-order valence-electron chi connectivity index (χ4n) is 3.55. The summed E-state index contributed by atoms with van der Waals surface area (Å²) in [4.78, 5) is 6.14. The zero-order valence-electron chi connectivity index (χ0n) is 13.5. The molecule has 2 aromatic heterocycles. The smallest absolute Gasteiger partial charge is 0.0587 e. The van der Waals surface area contributed by atoms with Gasteiger partial charge in [-0.15, -0.1) is 6.58 Å². The molecule has 0 atom stereocenters. The van der Waals surface area contributed by atoms with E-state index in [9.17, 15) is 0 Å². The number of benzene rings is 1. The molecule has 0 bridgehead atoms. The van der Waals surface area contributed by atoms with Gasteiger partial charge in [0.2, 0.25) is 0 Å². The van der Waals surface area contributed by atoms with Gasteiger partial charge in [0, 0.05) is 54.4 Å². The van der Waals surface area contributed by atoms with Gasteiger partial charge < -0.3 is 4.98 Å². The molecule has 4 rings (SSSR count). The predicted octanol–water partition coefficient (Wildman–Crippen LogP) is 3.42. The molecule has 118 valence electrons. The maximum absolute atomic E-state index is 4.38. The van der Waals surface area contributed by atoms with Crippen LogP contribution in [0.2, 0.25) is 0 Å². The zero-order chi connectivity index (χ0) is 15.8. The molecule has 0 amide bonds. The first kappa shape index (κ1) is 14.3. The SMILES string of the molecule is C=CCn1cc(CN2CCc3[nH]c4c(C)cccc4c3C2)cn1. The van der Waals surface area contributed by atoms with Gasteiger partial charge in [-0.05, 0) is 18.1 Å². The van der Waals surface area contributed by atoms with Gasteiger partial charge in [0.05, 0.1) is 12.7 Å². The number of aryl methyl sites for hydroxylation is 1. The molecule has 1 N–H and O–H groups in total. The summed E-state index contributed by atoms with van der Waals surface area (Å²) in [6.07, 6.45) is 7.05. The molecule has 0 saturated carbocycles. The summed E-state index contributed by atoms with van der Waals surface area (Å²) >= 11 is 0. The van der Waals surface area contributed by atoms with Crippen molar-refractivity contribution in [3.63, 3.8) is 0 Å². The molecule has 0 radical (unpaired) electrons. The minimum absolute atomic E-state index is 0.770. The lowest BCUT2D eigenvalue weighted by Crippen LogP contribution is -2.29. The summed E-state index contributed by atoms with van der Waals surface area (Å²) in [5, 5.41) is 5.76. The number of hydrogen-bond donors (Lipinski definition) is 1. The van der Waals surface area contributed by atoms with Crippen LogP contribution in [-0.4, -0.2) is 26.2 Å². The van der Waals surface area contributed by atoms with Crippen LogP contribution in [0.4, 0.5) is 0 Å². The maximum Gasteiger partial charge on any atom is 0.0587 e. The summed E-state index contributed by atoms with van der Waals surface area (Å²) in [6.45, 7) is 9.76. The van der Waals surface area contributed by atoms with Crippen LogP contribution in [0.3, 0.4) is 0 Å². The highest BCUT2D eigenvalue weighted by Gasteiger charge is 2.21. The van der Waals surface area contributed by atoms with E-state index in [4.69, 9.17) is 0 Å². The van der Waals surface area contributed by atoms with E-state index in [1.807, 2.05) is 17.0 Å². The summed E-state index contributed by atoms with van der Waals surface area (Å²) in [5.41, 5.74) is 6.78. The number of H-pyrrole nitrogens is 1. The standard InChI is InChI=1S/C19H22N4/c1-3-8-23-12-15(10-20-23)11-22-9-7-18-17(13-22)16-6-4-5-14(2)19(16)21-18/h3-6,10,12,21H,1,7-9,11,13H2,2H3. The largest absolute Gasteiger partial charge is 0.358 e. The molecule has 1 aromatic carbocycles. The average Bonchev–Trinajstić information content (AvgIpc) is 3.13. The number of aromatic amines is 1. The molecule has 1 aliphatic rings. The van der Waals surface area contributed by atoms with Crippen LogP contribution in [0.5, 0.6) is 0 Å². The van der Waals surface area contributed by atoms with Gasteiger partial charge in [-0.2, -0.15) is 5.10 Å². The van der Waals surface area contributed by atoms with Crippen LogP contribution in [0, 0.1) is 6.92 Å². The Bertz CT molecular complexity index is 856. The van der Waals surface area contributed by atoms with Crippen molar-refractivity contribution in [1.82, 2.24) is 19.7 Å². The Hall–Kier alpha value is -2.33. The van der Waals surface area contributed by atoms with Gasteiger partial charge in [0.1, 0.15) is 0 Å². The van der Waals surface area contributed by atoms with E-state index < -0.39 is 0 Å². The Morgan fingerprint density at radius 3 is 3.17 bits per heavy atom. The second-order valence-corrected chi connectivity index (χ2v) is 6.40. The molecule has 0 saturated heterocycles. The van der Waals surface area contributed by atoms with Gasteiger partial charge in [-0.25, -0.2) is 0 Å². The minimum atomic E-state index is 0.770. The molecule has 1 aliphatic heterocycles. The molecule has 23 heavy (non-hydrogen) atoms. The molecular weight excluding hydrogens is 284 g/mol. The Labute approximate surface area is 136 Å². The van der Waals surface area contributed by atoms with Crippen LogP contribution in [-0.2, 0) is 26.1 Å². The lowest BCUT2D eigenvalue weighted by atomic mass is 10.0. The second kappa shape index (κ2) is 5.70. The second-order valence-electron chi connectivity index (χ2n) is 6.40. The molecular formula is C19H22N4.